The summed E-state index contributed by atoms with van der Waals surface area (Å²) in [7, 11) is -3.79. The van der Waals surface area contributed by atoms with Crippen LogP contribution in [0.3, 0.4) is 0 Å². The van der Waals surface area contributed by atoms with Gasteiger partial charge in [0, 0.05) is 0 Å². The van der Waals surface area contributed by atoms with Crippen molar-refractivity contribution >= 4 is 7.82 Å². The third kappa shape index (κ3) is 20.0. The average molecular weight is 377 g/mol. The maximum atomic E-state index is 11.3. The minimum absolute atomic E-state index is 0.196. The quantitative estimate of drug-likeness (QED) is 0.147. The summed E-state index contributed by atoms with van der Waals surface area (Å²) in [6.45, 7) is 4.43. The molecule has 5 heteroatoms. The summed E-state index contributed by atoms with van der Waals surface area (Å²) in [6.07, 6.45) is 22.1. The molecular formula is C20H41O4P. The summed E-state index contributed by atoms with van der Waals surface area (Å²) in [5, 5.41) is 0. The molecule has 0 aromatic heterocycles. The third-order valence-electron chi connectivity index (χ3n) is 4.20. The highest BCUT2D eigenvalue weighted by Gasteiger charge is 2.18. The molecule has 0 aromatic rings. The van der Waals surface area contributed by atoms with Crippen LogP contribution in [0, 0.1) is 0 Å². The van der Waals surface area contributed by atoms with Gasteiger partial charge in [-0.15, -0.1) is 0 Å². The first-order chi connectivity index (χ1) is 12.1. The van der Waals surface area contributed by atoms with Crippen molar-refractivity contribution in [1.82, 2.24) is 0 Å². The fourth-order valence-electron chi connectivity index (χ4n) is 2.73. The highest BCUT2D eigenvalue weighted by molar-refractivity contribution is 7.47. The first kappa shape index (κ1) is 24.8. The molecule has 0 amide bonds. The molecule has 0 radical (unpaired) electrons. The molecule has 1 N–H and O–H groups in total. The largest absolute Gasteiger partial charge is 0.472 e. The van der Waals surface area contributed by atoms with E-state index in [2.05, 4.69) is 23.6 Å². The van der Waals surface area contributed by atoms with Gasteiger partial charge < -0.3 is 4.89 Å². The third-order valence-corrected chi connectivity index (χ3v) is 5.30. The Labute approximate surface area is 156 Å². The molecule has 0 heterocycles. The van der Waals surface area contributed by atoms with Crippen LogP contribution in [0.2, 0.25) is 0 Å². The van der Waals surface area contributed by atoms with Crippen molar-refractivity contribution in [3.63, 3.8) is 0 Å². The molecule has 0 saturated heterocycles. The molecule has 0 aromatic carbocycles. The second-order valence-corrected chi connectivity index (χ2v) is 8.11. The Morgan fingerprint density at radius 1 is 0.720 bits per heavy atom. The molecule has 0 spiro atoms. The highest BCUT2D eigenvalue weighted by atomic mass is 31.2. The topological polar surface area (TPSA) is 55.8 Å². The summed E-state index contributed by atoms with van der Waals surface area (Å²) in [6, 6.07) is 0. The van der Waals surface area contributed by atoms with Gasteiger partial charge in [-0.05, 0) is 39.0 Å². The van der Waals surface area contributed by atoms with E-state index in [9.17, 15) is 9.46 Å². The van der Waals surface area contributed by atoms with Crippen LogP contribution in [0.1, 0.15) is 104 Å². The first-order valence-corrected chi connectivity index (χ1v) is 11.9. The van der Waals surface area contributed by atoms with Gasteiger partial charge >= 0.3 is 7.82 Å². The van der Waals surface area contributed by atoms with E-state index in [4.69, 9.17) is 4.52 Å². The second kappa shape index (κ2) is 18.6. The molecule has 0 rings (SSSR count). The Balaban J connectivity index is 3.21. The Morgan fingerprint density at radius 3 is 1.72 bits per heavy atom. The van der Waals surface area contributed by atoms with E-state index in [1.54, 1.807) is 6.92 Å². The lowest BCUT2D eigenvalue weighted by atomic mass is 10.1. The Kier molecular flexibility index (Phi) is 18.5. The Morgan fingerprint density at radius 2 is 1.20 bits per heavy atom. The number of phosphoric ester groups is 1. The molecule has 0 aliphatic rings. The zero-order valence-corrected chi connectivity index (χ0v) is 17.5. The van der Waals surface area contributed by atoms with Gasteiger partial charge in [-0.3, -0.25) is 9.05 Å². The van der Waals surface area contributed by atoms with Crippen molar-refractivity contribution in [2.75, 3.05) is 13.2 Å². The van der Waals surface area contributed by atoms with Crippen molar-refractivity contribution in [2.24, 2.45) is 0 Å². The molecule has 0 aliphatic heterocycles. The van der Waals surface area contributed by atoms with Crippen LogP contribution < -0.4 is 0 Å². The van der Waals surface area contributed by atoms with Gasteiger partial charge in [0.1, 0.15) is 0 Å². The lowest BCUT2D eigenvalue weighted by Gasteiger charge is -2.10. The predicted octanol–water partition coefficient (Wildman–Crippen LogP) is 7.18. The molecule has 0 aliphatic carbocycles. The molecule has 1 atom stereocenters. The van der Waals surface area contributed by atoms with Gasteiger partial charge in [-0.25, -0.2) is 4.57 Å². The molecule has 0 saturated carbocycles. The molecule has 150 valence electrons. The summed E-state index contributed by atoms with van der Waals surface area (Å²) < 4.78 is 20.8. The SMILES string of the molecule is CCCCCCCC/C=C\CCCCCCCCOP(=O)(O)OCC. The van der Waals surface area contributed by atoms with Gasteiger partial charge in [0.25, 0.3) is 0 Å². The Bertz CT molecular complexity index is 345. The average Bonchev–Trinajstić information content (AvgIpc) is 2.57. The predicted molar refractivity (Wildman–Crippen MR) is 107 cm³/mol. The van der Waals surface area contributed by atoms with Crippen molar-refractivity contribution in [1.29, 1.82) is 0 Å². The van der Waals surface area contributed by atoms with Crippen LogP contribution in [0.4, 0.5) is 0 Å². The monoisotopic (exact) mass is 376 g/mol. The van der Waals surface area contributed by atoms with Crippen molar-refractivity contribution in [2.45, 2.75) is 104 Å². The van der Waals surface area contributed by atoms with E-state index in [0.29, 0.717) is 6.61 Å². The van der Waals surface area contributed by atoms with Crippen LogP contribution >= 0.6 is 7.82 Å². The zero-order valence-electron chi connectivity index (χ0n) is 16.6. The lowest BCUT2D eigenvalue weighted by Crippen LogP contribution is -1.96. The van der Waals surface area contributed by atoms with E-state index in [1.165, 1.54) is 70.6 Å². The lowest BCUT2D eigenvalue weighted by molar-refractivity contribution is 0.153. The minimum atomic E-state index is -3.79. The van der Waals surface area contributed by atoms with E-state index in [-0.39, 0.29) is 6.61 Å². The van der Waals surface area contributed by atoms with E-state index >= 15 is 0 Å². The Hall–Kier alpha value is -0.150. The maximum absolute atomic E-state index is 11.3. The van der Waals surface area contributed by atoms with Gasteiger partial charge in [-0.2, -0.15) is 0 Å². The van der Waals surface area contributed by atoms with Crippen molar-refractivity contribution < 1.29 is 18.5 Å². The number of hydrogen-bond acceptors (Lipinski definition) is 3. The van der Waals surface area contributed by atoms with Crippen LogP contribution in [0.25, 0.3) is 0 Å². The van der Waals surface area contributed by atoms with Crippen molar-refractivity contribution in [3.05, 3.63) is 12.2 Å². The summed E-state index contributed by atoms with van der Waals surface area (Å²) >= 11 is 0. The number of allylic oxidation sites excluding steroid dienone is 2. The fraction of sp³-hybridized carbons (Fsp3) is 0.900. The van der Waals surface area contributed by atoms with E-state index < -0.39 is 7.82 Å². The number of hydrogen-bond donors (Lipinski definition) is 1. The summed E-state index contributed by atoms with van der Waals surface area (Å²) in [5.41, 5.74) is 0. The summed E-state index contributed by atoms with van der Waals surface area (Å²) in [4.78, 5) is 9.24. The molecule has 0 fully saturated rings. The molecule has 0 bridgehead atoms. The van der Waals surface area contributed by atoms with E-state index in [1.807, 2.05) is 0 Å². The summed E-state index contributed by atoms with van der Waals surface area (Å²) in [5.74, 6) is 0. The molecule has 25 heavy (non-hydrogen) atoms. The zero-order chi connectivity index (χ0) is 18.6. The fourth-order valence-corrected chi connectivity index (χ4v) is 3.49. The molecule has 4 nitrogen and oxygen atoms in total. The number of phosphoric acid groups is 1. The van der Waals surface area contributed by atoms with Crippen LogP contribution in [0.5, 0.6) is 0 Å². The number of unbranched alkanes of at least 4 members (excludes halogenated alkanes) is 12. The van der Waals surface area contributed by atoms with Crippen LogP contribution in [0.15, 0.2) is 12.2 Å². The maximum Gasteiger partial charge on any atom is 0.472 e. The first-order valence-electron chi connectivity index (χ1n) is 10.4. The van der Waals surface area contributed by atoms with E-state index in [0.717, 1.165) is 19.3 Å². The minimum Gasteiger partial charge on any atom is -0.302 e. The normalized spacial score (nSPS) is 14.2. The van der Waals surface area contributed by atoms with Gasteiger partial charge in [0.05, 0.1) is 13.2 Å². The second-order valence-electron chi connectivity index (χ2n) is 6.66. The van der Waals surface area contributed by atoms with Crippen molar-refractivity contribution in [3.8, 4) is 0 Å². The molecular weight excluding hydrogens is 335 g/mol. The van der Waals surface area contributed by atoms with Gasteiger partial charge in [-0.1, -0.05) is 76.9 Å². The van der Waals surface area contributed by atoms with Gasteiger partial charge in [0.2, 0.25) is 0 Å². The standard InChI is InChI=1S/C20H41O4P/c1-3-5-6-7-8-9-10-11-12-13-14-15-16-17-18-19-20-24-25(21,22)23-4-2/h11-12H,3-10,13-20H2,1-2H3,(H,21,22)/b12-11-. The van der Waals surface area contributed by atoms with Crippen LogP contribution in [-0.2, 0) is 13.6 Å². The van der Waals surface area contributed by atoms with Gasteiger partial charge in [0.15, 0.2) is 0 Å². The molecule has 1 unspecified atom stereocenters. The highest BCUT2D eigenvalue weighted by Crippen LogP contribution is 2.42. The number of rotatable bonds is 19. The van der Waals surface area contributed by atoms with Crippen LogP contribution in [-0.4, -0.2) is 18.1 Å². The smallest absolute Gasteiger partial charge is 0.302 e.